The lowest BCUT2D eigenvalue weighted by Gasteiger charge is -2.17. The van der Waals surface area contributed by atoms with Gasteiger partial charge in [0.15, 0.2) is 0 Å². The van der Waals surface area contributed by atoms with Gasteiger partial charge >= 0.3 is 0 Å². The zero-order valence-electron chi connectivity index (χ0n) is 11.6. The van der Waals surface area contributed by atoms with Gasteiger partial charge in [0.25, 0.3) is 5.91 Å². The Balaban J connectivity index is 1.62. The lowest BCUT2D eigenvalue weighted by molar-refractivity contribution is 0.0776. The molecule has 5 heteroatoms. The van der Waals surface area contributed by atoms with Gasteiger partial charge in [-0.2, -0.15) is 0 Å². The van der Waals surface area contributed by atoms with Crippen LogP contribution in [-0.2, 0) is 0 Å². The molecule has 2 aliphatic rings. The molecule has 2 fully saturated rings. The summed E-state index contributed by atoms with van der Waals surface area (Å²) in [5.74, 6) is 1.24. The fourth-order valence-corrected chi connectivity index (χ4v) is 3.56. The lowest BCUT2D eigenvalue weighted by Crippen LogP contribution is -2.32. The average Bonchev–Trinajstić information content (AvgIpc) is 3.06. The van der Waals surface area contributed by atoms with Crippen LogP contribution in [0.1, 0.15) is 10.5 Å². The van der Waals surface area contributed by atoms with Crippen molar-refractivity contribution >= 4 is 28.4 Å². The maximum absolute atomic E-state index is 12.6. The first-order valence-corrected chi connectivity index (χ1v) is 7.65. The summed E-state index contributed by atoms with van der Waals surface area (Å²) in [6.45, 7) is 3.72. The zero-order valence-corrected chi connectivity index (χ0v) is 12.3. The van der Waals surface area contributed by atoms with E-state index < -0.39 is 0 Å². The number of carbonyl (C=O) groups excluding carboxylic acids is 1. The zero-order chi connectivity index (χ0) is 14.4. The molecule has 2 atom stereocenters. The number of benzene rings is 1. The number of amides is 1. The molecule has 4 rings (SSSR count). The van der Waals surface area contributed by atoms with Gasteiger partial charge in [-0.05, 0) is 30.0 Å². The van der Waals surface area contributed by atoms with Crippen LogP contribution in [0.4, 0.5) is 0 Å². The van der Waals surface area contributed by atoms with Crippen LogP contribution in [0, 0.1) is 11.8 Å². The van der Waals surface area contributed by atoms with E-state index in [0.29, 0.717) is 22.6 Å². The standard InChI is InChI=1S/C16H16ClN3O/c17-13-3-1-10-2-4-14(19-15(10)5-13)16(21)20-8-11-6-18-7-12(11)9-20/h1-5,11-12,18H,6-9H2/t11-,12+. The number of hydrogen-bond acceptors (Lipinski definition) is 3. The van der Waals surface area contributed by atoms with Crippen LogP contribution in [0.2, 0.25) is 5.02 Å². The highest BCUT2D eigenvalue weighted by Crippen LogP contribution is 2.27. The lowest BCUT2D eigenvalue weighted by atomic mass is 10.0. The second kappa shape index (κ2) is 4.97. The maximum atomic E-state index is 12.6. The molecule has 1 aromatic carbocycles. The summed E-state index contributed by atoms with van der Waals surface area (Å²) in [5, 5.41) is 5.02. The summed E-state index contributed by atoms with van der Waals surface area (Å²) in [6, 6.07) is 9.30. The predicted molar refractivity (Wildman–Crippen MR) is 82.5 cm³/mol. The molecule has 2 saturated heterocycles. The van der Waals surface area contributed by atoms with Gasteiger partial charge in [0.05, 0.1) is 5.52 Å². The molecule has 2 aromatic rings. The Morgan fingerprint density at radius 3 is 2.67 bits per heavy atom. The summed E-state index contributed by atoms with van der Waals surface area (Å²) in [7, 11) is 0. The Hall–Kier alpha value is -1.65. The van der Waals surface area contributed by atoms with Crippen LogP contribution in [0.25, 0.3) is 10.9 Å². The monoisotopic (exact) mass is 301 g/mol. The van der Waals surface area contributed by atoms with E-state index >= 15 is 0 Å². The van der Waals surface area contributed by atoms with Crippen LogP contribution in [0.3, 0.4) is 0 Å². The highest BCUT2D eigenvalue weighted by atomic mass is 35.5. The minimum atomic E-state index is 0.0336. The number of carbonyl (C=O) groups is 1. The third-order valence-electron chi connectivity index (χ3n) is 4.55. The van der Waals surface area contributed by atoms with E-state index in [1.165, 1.54) is 0 Å². The van der Waals surface area contributed by atoms with Gasteiger partial charge < -0.3 is 10.2 Å². The molecule has 1 N–H and O–H groups in total. The van der Waals surface area contributed by atoms with Gasteiger partial charge in [0, 0.05) is 36.6 Å². The molecule has 0 unspecified atom stereocenters. The van der Waals surface area contributed by atoms with E-state index in [1.54, 1.807) is 6.07 Å². The molecule has 108 valence electrons. The number of halogens is 1. The number of aromatic nitrogens is 1. The summed E-state index contributed by atoms with van der Waals surface area (Å²) >= 11 is 6.00. The smallest absolute Gasteiger partial charge is 0.272 e. The van der Waals surface area contributed by atoms with Crippen molar-refractivity contribution in [3.05, 3.63) is 41.0 Å². The van der Waals surface area contributed by atoms with Gasteiger partial charge in [-0.25, -0.2) is 4.98 Å². The molecule has 0 bridgehead atoms. The van der Waals surface area contributed by atoms with Crippen molar-refractivity contribution in [3.8, 4) is 0 Å². The van der Waals surface area contributed by atoms with Gasteiger partial charge in [-0.1, -0.05) is 23.7 Å². The van der Waals surface area contributed by atoms with Gasteiger partial charge in [-0.15, -0.1) is 0 Å². The molecule has 1 amide bonds. The molecule has 0 saturated carbocycles. The molecular weight excluding hydrogens is 286 g/mol. The normalized spacial score (nSPS) is 24.5. The Morgan fingerprint density at radius 2 is 1.90 bits per heavy atom. The molecule has 2 aliphatic heterocycles. The first-order valence-electron chi connectivity index (χ1n) is 7.27. The summed E-state index contributed by atoms with van der Waals surface area (Å²) < 4.78 is 0. The second-order valence-electron chi connectivity index (χ2n) is 5.92. The van der Waals surface area contributed by atoms with Crippen LogP contribution in [-0.4, -0.2) is 42.0 Å². The minimum Gasteiger partial charge on any atom is -0.337 e. The Labute approximate surface area is 128 Å². The van der Waals surface area contributed by atoms with Gasteiger partial charge in [0.1, 0.15) is 5.69 Å². The van der Waals surface area contributed by atoms with Crippen molar-refractivity contribution in [1.29, 1.82) is 0 Å². The van der Waals surface area contributed by atoms with Crippen molar-refractivity contribution in [2.75, 3.05) is 26.2 Å². The fourth-order valence-electron chi connectivity index (χ4n) is 3.39. The molecule has 0 radical (unpaired) electrons. The van der Waals surface area contributed by atoms with E-state index in [1.807, 2.05) is 29.2 Å². The quantitative estimate of drug-likeness (QED) is 0.878. The molecule has 0 aliphatic carbocycles. The highest BCUT2D eigenvalue weighted by Gasteiger charge is 2.38. The van der Waals surface area contributed by atoms with Crippen LogP contribution in [0.15, 0.2) is 30.3 Å². The molecule has 1 aromatic heterocycles. The van der Waals surface area contributed by atoms with Crippen molar-refractivity contribution < 1.29 is 4.79 Å². The average molecular weight is 302 g/mol. The van der Waals surface area contributed by atoms with Gasteiger partial charge in [0.2, 0.25) is 0 Å². The Bertz CT molecular complexity index is 706. The molecule has 4 nitrogen and oxygen atoms in total. The first-order chi connectivity index (χ1) is 10.2. The van der Waals surface area contributed by atoms with Crippen molar-refractivity contribution in [2.24, 2.45) is 11.8 Å². The number of hydrogen-bond donors (Lipinski definition) is 1. The first kappa shape index (κ1) is 13.0. The topological polar surface area (TPSA) is 45.2 Å². The summed E-state index contributed by atoms with van der Waals surface area (Å²) in [6.07, 6.45) is 0. The third-order valence-corrected chi connectivity index (χ3v) is 4.79. The van der Waals surface area contributed by atoms with E-state index in [4.69, 9.17) is 11.6 Å². The maximum Gasteiger partial charge on any atom is 0.272 e. The highest BCUT2D eigenvalue weighted by molar-refractivity contribution is 6.31. The summed E-state index contributed by atoms with van der Waals surface area (Å²) in [4.78, 5) is 19.0. The number of fused-ring (bicyclic) bond motifs is 2. The number of nitrogens with zero attached hydrogens (tertiary/aromatic N) is 2. The van der Waals surface area contributed by atoms with Crippen LogP contribution < -0.4 is 5.32 Å². The Morgan fingerprint density at radius 1 is 1.19 bits per heavy atom. The predicted octanol–water partition coefficient (Wildman–Crippen LogP) is 2.18. The minimum absolute atomic E-state index is 0.0336. The van der Waals surface area contributed by atoms with Crippen LogP contribution >= 0.6 is 11.6 Å². The molecule has 21 heavy (non-hydrogen) atoms. The van der Waals surface area contributed by atoms with E-state index in [0.717, 1.165) is 37.1 Å². The number of rotatable bonds is 1. The number of nitrogens with one attached hydrogen (secondary N) is 1. The van der Waals surface area contributed by atoms with Gasteiger partial charge in [-0.3, -0.25) is 4.79 Å². The van der Waals surface area contributed by atoms with E-state index in [2.05, 4.69) is 10.3 Å². The van der Waals surface area contributed by atoms with E-state index in [9.17, 15) is 4.79 Å². The molecule has 3 heterocycles. The van der Waals surface area contributed by atoms with Crippen molar-refractivity contribution in [1.82, 2.24) is 15.2 Å². The Kier molecular flexibility index (Phi) is 3.08. The fraction of sp³-hybridized carbons (Fsp3) is 0.375. The number of likely N-dealkylation sites (tertiary alicyclic amines) is 1. The second-order valence-corrected chi connectivity index (χ2v) is 6.36. The molecule has 0 spiro atoms. The molecular formula is C16H16ClN3O. The SMILES string of the molecule is O=C(c1ccc2ccc(Cl)cc2n1)N1C[C@H]2CNC[C@H]2C1. The van der Waals surface area contributed by atoms with Crippen molar-refractivity contribution in [3.63, 3.8) is 0 Å². The third kappa shape index (κ3) is 2.28. The largest absolute Gasteiger partial charge is 0.337 e. The van der Waals surface area contributed by atoms with Crippen LogP contribution in [0.5, 0.6) is 0 Å². The van der Waals surface area contributed by atoms with E-state index in [-0.39, 0.29) is 5.91 Å². The van der Waals surface area contributed by atoms with Crippen molar-refractivity contribution in [2.45, 2.75) is 0 Å². The summed E-state index contributed by atoms with van der Waals surface area (Å²) in [5.41, 5.74) is 1.28. The number of pyridine rings is 1.